The molecule has 0 bridgehead atoms. The molecule has 5 heteroatoms. The Balaban J connectivity index is 3.27. The summed E-state index contributed by atoms with van der Waals surface area (Å²) in [5.41, 5.74) is 0. The minimum Gasteiger partial charge on any atom is -0.465 e. The summed E-state index contributed by atoms with van der Waals surface area (Å²) in [7, 11) is 0. The van der Waals surface area contributed by atoms with Crippen LogP contribution in [0.2, 0.25) is 0 Å². The smallest absolute Gasteiger partial charge is 0.322 e. The molecule has 0 fully saturated rings. The van der Waals surface area contributed by atoms with Gasteiger partial charge >= 0.3 is 5.97 Å². The van der Waals surface area contributed by atoms with E-state index in [0.29, 0.717) is 6.61 Å². The molecule has 0 N–H and O–H groups in total. The first-order valence-corrected chi connectivity index (χ1v) is 3.09. The Labute approximate surface area is 63.7 Å². The van der Waals surface area contributed by atoms with Crippen molar-refractivity contribution in [1.82, 2.24) is 3.94 Å². The van der Waals surface area contributed by atoms with Gasteiger partial charge in [-0.3, -0.25) is 4.79 Å². The number of esters is 1. The normalized spacial score (nSPS) is 9.78. The Morgan fingerprint density at radius 3 is 2.56 bits per heavy atom. The van der Waals surface area contributed by atoms with Gasteiger partial charge in [0.15, 0.2) is 0 Å². The number of rotatable bonds is 3. The molecule has 0 unspecified atom stereocenters. The standard InChI is InChI=1S/C4H7Cl2NO2/c1-2-9-4(8)3-7(5)6/h2-3H2,1H3. The fourth-order valence-electron chi connectivity index (χ4n) is 0.304. The van der Waals surface area contributed by atoms with Crippen LogP contribution in [0.4, 0.5) is 0 Å². The molecule has 0 heterocycles. The van der Waals surface area contributed by atoms with Crippen LogP contribution in [0.3, 0.4) is 0 Å². The summed E-state index contributed by atoms with van der Waals surface area (Å²) < 4.78 is 5.22. The minimum atomic E-state index is -0.428. The third kappa shape index (κ3) is 5.89. The van der Waals surface area contributed by atoms with Crippen molar-refractivity contribution >= 4 is 29.5 Å². The first-order chi connectivity index (χ1) is 4.16. The second-order valence-electron chi connectivity index (χ2n) is 1.27. The molecule has 3 nitrogen and oxygen atoms in total. The number of carbonyl (C=O) groups is 1. The van der Waals surface area contributed by atoms with E-state index in [4.69, 9.17) is 23.6 Å². The van der Waals surface area contributed by atoms with Crippen molar-refractivity contribution in [2.24, 2.45) is 0 Å². The molecule has 0 spiro atoms. The molecular formula is C4H7Cl2NO2. The van der Waals surface area contributed by atoms with Crippen molar-refractivity contribution in [2.75, 3.05) is 13.2 Å². The molecule has 0 aromatic carbocycles. The molecule has 0 aliphatic rings. The molecule has 54 valence electrons. The van der Waals surface area contributed by atoms with E-state index in [1.54, 1.807) is 6.92 Å². The third-order valence-corrected chi connectivity index (χ3v) is 0.793. The highest BCUT2D eigenvalue weighted by atomic mass is 35.5. The summed E-state index contributed by atoms with van der Waals surface area (Å²) in [5, 5.41) is 0. The summed E-state index contributed by atoms with van der Waals surface area (Å²) >= 11 is 10.2. The number of ether oxygens (including phenoxy) is 1. The van der Waals surface area contributed by atoms with Crippen LogP contribution in [0, 0.1) is 0 Å². The monoisotopic (exact) mass is 171 g/mol. The maximum atomic E-state index is 10.4. The lowest BCUT2D eigenvalue weighted by Crippen LogP contribution is -2.16. The lowest BCUT2D eigenvalue weighted by atomic mass is 10.7. The Kier molecular flexibility index (Phi) is 4.85. The second-order valence-corrected chi connectivity index (χ2v) is 2.26. The molecule has 0 saturated heterocycles. The van der Waals surface area contributed by atoms with Gasteiger partial charge in [0.25, 0.3) is 0 Å². The summed E-state index contributed by atoms with van der Waals surface area (Å²) in [6.07, 6.45) is 0. The maximum absolute atomic E-state index is 10.4. The fourth-order valence-corrected chi connectivity index (χ4v) is 0.499. The van der Waals surface area contributed by atoms with Crippen molar-refractivity contribution in [3.05, 3.63) is 0 Å². The van der Waals surface area contributed by atoms with Gasteiger partial charge in [0.05, 0.1) is 6.61 Å². The molecule has 0 aromatic rings. The lowest BCUT2D eigenvalue weighted by Gasteiger charge is -2.01. The summed E-state index contributed by atoms with van der Waals surface area (Å²) in [5.74, 6) is -0.428. The molecule has 0 saturated carbocycles. The van der Waals surface area contributed by atoms with Crippen molar-refractivity contribution in [1.29, 1.82) is 0 Å². The van der Waals surface area contributed by atoms with E-state index in [-0.39, 0.29) is 6.54 Å². The molecule has 0 aromatic heterocycles. The van der Waals surface area contributed by atoms with E-state index in [2.05, 4.69) is 4.74 Å². The van der Waals surface area contributed by atoms with Crippen LogP contribution in [0.15, 0.2) is 0 Å². The van der Waals surface area contributed by atoms with Gasteiger partial charge in [-0.15, -0.1) is 3.94 Å². The number of nitrogens with zero attached hydrogens (tertiary/aromatic N) is 1. The molecule has 0 aliphatic carbocycles. The predicted octanol–water partition coefficient (Wildman–Crippen LogP) is 1.16. The number of halogens is 2. The Morgan fingerprint density at radius 2 is 2.22 bits per heavy atom. The van der Waals surface area contributed by atoms with Crippen molar-refractivity contribution < 1.29 is 9.53 Å². The van der Waals surface area contributed by atoms with Crippen molar-refractivity contribution in [2.45, 2.75) is 6.92 Å². The highest BCUT2D eigenvalue weighted by molar-refractivity contribution is 6.34. The highest BCUT2D eigenvalue weighted by Crippen LogP contribution is 1.97. The van der Waals surface area contributed by atoms with Gasteiger partial charge in [0.2, 0.25) is 0 Å². The first kappa shape index (κ1) is 9.01. The lowest BCUT2D eigenvalue weighted by molar-refractivity contribution is -0.142. The predicted molar refractivity (Wildman–Crippen MR) is 35.0 cm³/mol. The zero-order chi connectivity index (χ0) is 7.28. The van der Waals surface area contributed by atoms with Crippen LogP contribution in [0.25, 0.3) is 0 Å². The topological polar surface area (TPSA) is 29.5 Å². The van der Waals surface area contributed by atoms with Crippen LogP contribution < -0.4 is 0 Å². The zero-order valence-electron chi connectivity index (χ0n) is 4.93. The van der Waals surface area contributed by atoms with Gasteiger partial charge in [0, 0.05) is 0 Å². The Hall–Kier alpha value is 0.01000. The number of carbonyl (C=O) groups excluding carboxylic acids is 1. The first-order valence-electron chi connectivity index (χ1n) is 2.41. The third-order valence-electron chi connectivity index (χ3n) is 0.554. The average molecular weight is 172 g/mol. The highest BCUT2D eigenvalue weighted by Gasteiger charge is 2.04. The molecule has 0 rings (SSSR count). The quantitative estimate of drug-likeness (QED) is 0.472. The van der Waals surface area contributed by atoms with Gasteiger partial charge in [-0.2, -0.15) is 0 Å². The van der Waals surface area contributed by atoms with Crippen LogP contribution >= 0.6 is 23.6 Å². The SMILES string of the molecule is CCOC(=O)CN(Cl)Cl. The summed E-state index contributed by atoms with van der Waals surface area (Å²) in [6.45, 7) is 1.96. The number of hydrogen-bond acceptors (Lipinski definition) is 3. The Morgan fingerprint density at radius 1 is 1.67 bits per heavy atom. The number of hydrogen-bond donors (Lipinski definition) is 0. The summed E-state index contributed by atoms with van der Waals surface area (Å²) in [6, 6.07) is 0. The molecule has 0 amide bonds. The van der Waals surface area contributed by atoms with Crippen LogP contribution in [0.1, 0.15) is 6.92 Å². The van der Waals surface area contributed by atoms with E-state index in [9.17, 15) is 4.79 Å². The van der Waals surface area contributed by atoms with Gasteiger partial charge < -0.3 is 4.74 Å². The second kappa shape index (κ2) is 4.85. The average Bonchev–Trinajstić information content (AvgIpc) is 1.63. The van der Waals surface area contributed by atoms with E-state index in [0.717, 1.165) is 3.94 Å². The van der Waals surface area contributed by atoms with E-state index in [1.165, 1.54) is 0 Å². The van der Waals surface area contributed by atoms with Gasteiger partial charge in [-0.1, -0.05) is 0 Å². The van der Waals surface area contributed by atoms with E-state index < -0.39 is 5.97 Å². The van der Waals surface area contributed by atoms with Gasteiger partial charge in [-0.05, 0) is 30.5 Å². The molecular weight excluding hydrogens is 165 g/mol. The van der Waals surface area contributed by atoms with E-state index >= 15 is 0 Å². The fraction of sp³-hybridized carbons (Fsp3) is 0.750. The van der Waals surface area contributed by atoms with Crippen LogP contribution in [-0.2, 0) is 9.53 Å². The molecule has 0 aliphatic heterocycles. The summed E-state index contributed by atoms with van der Waals surface area (Å²) in [4.78, 5) is 10.4. The maximum Gasteiger partial charge on any atom is 0.322 e. The minimum absolute atomic E-state index is 0.100. The molecule has 0 radical (unpaired) electrons. The van der Waals surface area contributed by atoms with Crippen LogP contribution in [-0.4, -0.2) is 23.1 Å². The largest absolute Gasteiger partial charge is 0.465 e. The van der Waals surface area contributed by atoms with Gasteiger partial charge in [0.1, 0.15) is 6.54 Å². The van der Waals surface area contributed by atoms with E-state index in [1.807, 2.05) is 0 Å². The van der Waals surface area contributed by atoms with Crippen molar-refractivity contribution in [3.8, 4) is 0 Å². The Bertz CT molecular complexity index is 96.6. The van der Waals surface area contributed by atoms with Crippen molar-refractivity contribution in [3.63, 3.8) is 0 Å². The van der Waals surface area contributed by atoms with Gasteiger partial charge in [-0.25, -0.2) is 0 Å². The zero-order valence-corrected chi connectivity index (χ0v) is 6.45. The molecule has 9 heavy (non-hydrogen) atoms. The van der Waals surface area contributed by atoms with Crippen LogP contribution in [0.5, 0.6) is 0 Å². The molecule has 0 atom stereocenters.